The smallest absolute Gasteiger partial charge is 0.272 e. The van der Waals surface area contributed by atoms with Crippen LogP contribution < -0.4 is 9.46 Å². The molecule has 0 radical (unpaired) electrons. The van der Waals surface area contributed by atoms with Crippen LogP contribution in [0.3, 0.4) is 0 Å². The topological polar surface area (TPSA) is 68.3 Å². The van der Waals surface area contributed by atoms with Gasteiger partial charge in [-0.15, -0.1) is 0 Å². The average Bonchev–Trinajstić information content (AvgIpc) is 2.59. The van der Waals surface area contributed by atoms with E-state index in [1.807, 2.05) is 0 Å². The third-order valence-corrected chi connectivity index (χ3v) is 5.79. The monoisotopic (exact) mass is 448 g/mol. The van der Waals surface area contributed by atoms with Gasteiger partial charge >= 0.3 is 0 Å². The molecule has 1 aromatic carbocycles. The van der Waals surface area contributed by atoms with Crippen LogP contribution in [-0.4, -0.2) is 26.4 Å². The van der Waals surface area contributed by atoms with Gasteiger partial charge in [-0.25, -0.2) is 21.9 Å². The number of nitrogens with one attached hydrogen (secondary N) is 1. The molecule has 0 bridgehead atoms. The van der Waals surface area contributed by atoms with Crippen molar-refractivity contribution in [2.45, 2.75) is 36.0 Å². The van der Waals surface area contributed by atoms with Crippen molar-refractivity contribution < 1.29 is 21.9 Å². The number of alkyl halides is 3. The molecule has 0 aliphatic heterocycles. The number of ether oxygens (including phenoxy) is 1. The van der Waals surface area contributed by atoms with Crippen LogP contribution >= 0.6 is 15.9 Å². The van der Waals surface area contributed by atoms with Crippen molar-refractivity contribution in [1.29, 1.82) is 0 Å². The molecule has 0 saturated carbocycles. The number of aromatic nitrogens is 1. The Morgan fingerprint density at radius 3 is 2.58 bits per heavy atom. The molecule has 0 atom stereocenters. The summed E-state index contributed by atoms with van der Waals surface area (Å²) in [6, 6.07) is 9.06. The zero-order valence-corrected chi connectivity index (χ0v) is 16.6. The molecule has 2 rings (SSSR count). The van der Waals surface area contributed by atoms with Crippen LogP contribution in [0.4, 0.5) is 8.78 Å². The highest BCUT2D eigenvalue weighted by atomic mass is 79.9. The van der Waals surface area contributed by atoms with Crippen LogP contribution in [0.15, 0.2) is 47.5 Å². The van der Waals surface area contributed by atoms with E-state index in [2.05, 4.69) is 25.6 Å². The molecule has 0 saturated heterocycles. The van der Waals surface area contributed by atoms with Gasteiger partial charge in [-0.05, 0) is 37.6 Å². The number of hydrogen-bond donors (Lipinski definition) is 1. The summed E-state index contributed by atoms with van der Waals surface area (Å²) in [5.41, 5.74) is 0.600. The van der Waals surface area contributed by atoms with Gasteiger partial charge in [0.05, 0.1) is 16.1 Å². The Kier molecular flexibility index (Phi) is 6.70. The van der Waals surface area contributed by atoms with Gasteiger partial charge in [-0.3, -0.25) is 4.98 Å². The van der Waals surface area contributed by atoms with Gasteiger partial charge in [-0.2, -0.15) is 0 Å². The highest BCUT2D eigenvalue weighted by Crippen LogP contribution is 2.25. The largest absolute Gasteiger partial charge is 0.488 e. The summed E-state index contributed by atoms with van der Waals surface area (Å²) < 4.78 is 57.4. The lowest BCUT2D eigenvalue weighted by Gasteiger charge is -2.26. The zero-order valence-electron chi connectivity index (χ0n) is 14.2. The van der Waals surface area contributed by atoms with Crippen LogP contribution in [-0.2, 0) is 20.9 Å². The third kappa shape index (κ3) is 5.46. The molecule has 1 heterocycles. The average molecular weight is 449 g/mol. The molecule has 142 valence electrons. The predicted molar refractivity (Wildman–Crippen MR) is 98.2 cm³/mol. The predicted octanol–water partition coefficient (Wildman–Crippen LogP) is 3.83. The first-order chi connectivity index (χ1) is 12.1. The SMILES string of the molecule is CC(C)(NS(=O)(=O)c1cccc(OCC(F)F)c1)c1ccc(CBr)nc1. The first-order valence-corrected chi connectivity index (χ1v) is 10.3. The first-order valence-electron chi connectivity index (χ1n) is 7.70. The molecule has 1 aromatic heterocycles. The molecular formula is C17H19BrF2N2O3S. The molecule has 5 nitrogen and oxygen atoms in total. The maximum absolute atomic E-state index is 12.7. The molecule has 0 fully saturated rings. The Balaban J connectivity index is 2.22. The summed E-state index contributed by atoms with van der Waals surface area (Å²) in [6.45, 7) is 2.63. The molecule has 26 heavy (non-hydrogen) atoms. The van der Waals surface area contributed by atoms with Gasteiger partial charge in [0, 0.05) is 17.6 Å². The van der Waals surface area contributed by atoms with E-state index in [0.29, 0.717) is 10.9 Å². The van der Waals surface area contributed by atoms with E-state index in [4.69, 9.17) is 4.74 Å². The van der Waals surface area contributed by atoms with Crippen LogP contribution in [0.2, 0.25) is 0 Å². The minimum absolute atomic E-state index is 0.0642. The van der Waals surface area contributed by atoms with Crippen molar-refractivity contribution in [3.05, 3.63) is 53.9 Å². The second kappa shape index (κ2) is 8.41. The second-order valence-electron chi connectivity index (χ2n) is 6.08. The quantitative estimate of drug-likeness (QED) is 0.622. The number of nitrogens with zero attached hydrogens (tertiary/aromatic N) is 1. The van der Waals surface area contributed by atoms with Crippen LogP contribution in [0.25, 0.3) is 0 Å². The molecule has 0 aliphatic carbocycles. The lowest BCUT2D eigenvalue weighted by atomic mass is 9.97. The first kappa shape index (κ1) is 20.7. The molecule has 0 amide bonds. The number of pyridine rings is 1. The fourth-order valence-electron chi connectivity index (χ4n) is 2.22. The molecule has 2 aromatic rings. The second-order valence-corrected chi connectivity index (χ2v) is 8.32. The fraction of sp³-hybridized carbons (Fsp3) is 0.353. The Morgan fingerprint density at radius 2 is 2.00 bits per heavy atom. The maximum atomic E-state index is 12.7. The van der Waals surface area contributed by atoms with Gasteiger partial charge in [0.2, 0.25) is 10.0 Å². The summed E-state index contributed by atoms with van der Waals surface area (Å²) >= 11 is 3.31. The van der Waals surface area contributed by atoms with Crippen molar-refractivity contribution in [2.75, 3.05) is 6.61 Å². The van der Waals surface area contributed by atoms with Gasteiger partial charge in [0.25, 0.3) is 6.43 Å². The van der Waals surface area contributed by atoms with Crippen molar-refractivity contribution in [3.8, 4) is 5.75 Å². The van der Waals surface area contributed by atoms with Gasteiger partial charge in [-0.1, -0.05) is 28.1 Å². The Labute approximate surface area is 160 Å². The van der Waals surface area contributed by atoms with E-state index in [-0.39, 0.29) is 10.6 Å². The highest BCUT2D eigenvalue weighted by Gasteiger charge is 2.28. The lowest BCUT2D eigenvalue weighted by Crippen LogP contribution is -2.41. The van der Waals surface area contributed by atoms with E-state index in [9.17, 15) is 17.2 Å². The van der Waals surface area contributed by atoms with Gasteiger partial charge < -0.3 is 4.74 Å². The minimum atomic E-state index is -3.90. The van der Waals surface area contributed by atoms with Crippen LogP contribution in [0.5, 0.6) is 5.75 Å². The van der Waals surface area contributed by atoms with E-state index in [1.165, 1.54) is 24.3 Å². The summed E-state index contributed by atoms with van der Waals surface area (Å²) in [6.07, 6.45) is -1.02. The number of hydrogen-bond acceptors (Lipinski definition) is 4. The Bertz CT molecular complexity index is 843. The number of benzene rings is 1. The molecular weight excluding hydrogens is 430 g/mol. The normalized spacial score (nSPS) is 12.4. The van der Waals surface area contributed by atoms with Crippen LogP contribution in [0.1, 0.15) is 25.1 Å². The molecule has 1 N–H and O–H groups in total. The molecule has 9 heteroatoms. The number of halogens is 3. The third-order valence-electron chi connectivity index (χ3n) is 3.56. The van der Waals surface area contributed by atoms with E-state index in [0.717, 1.165) is 5.69 Å². The summed E-state index contributed by atoms with van der Waals surface area (Å²) in [5.74, 6) is 0.0642. The molecule has 0 unspecified atom stereocenters. The van der Waals surface area contributed by atoms with Gasteiger partial charge in [0.15, 0.2) is 0 Å². The van der Waals surface area contributed by atoms with E-state index < -0.39 is 28.6 Å². The van der Waals surface area contributed by atoms with Crippen molar-refractivity contribution in [1.82, 2.24) is 9.71 Å². The van der Waals surface area contributed by atoms with E-state index >= 15 is 0 Å². The van der Waals surface area contributed by atoms with Gasteiger partial charge in [0.1, 0.15) is 12.4 Å². The van der Waals surface area contributed by atoms with E-state index in [1.54, 1.807) is 32.2 Å². The summed E-state index contributed by atoms with van der Waals surface area (Å²) in [4.78, 5) is 4.18. The Morgan fingerprint density at radius 1 is 1.27 bits per heavy atom. The summed E-state index contributed by atoms with van der Waals surface area (Å²) in [7, 11) is -3.90. The zero-order chi connectivity index (χ0) is 19.4. The fourth-order valence-corrected chi connectivity index (χ4v) is 3.99. The number of rotatable bonds is 8. The van der Waals surface area contributed by atoms with Crippen LogP contribution in [0, 0.1) is 0 Å². The molecule has 0 spiro atoms. The van der Waals surface area contributed by atoms with Crippen molar-refractivity contribution >= 4 is 26.0 Å². The molecule has 0 aliphatic rings. The summed E-state index contributed by atoms with van der Waals surface area (Å²) in [5, 5.41) is 0.602. The lowest BCUT2D eigenvalue weighted by molar-refractivity contribution is 0.0818. The Hall–Kier alpha value is -1.58. The standard InChI is InChI=1S/C17H19BrF2N2O3S/c1-17(2,12-6-7-13(9-18)21-10-12)22-26(23,24)15-5-3-4-14(8-15)25-11-16(19)20/h3-8,10,16,22H,9,11H2,1-2H3. The number of sulfonamides is 1. The minimum Gasteiger partial charge on any atom is -0.488 e. The van der Waals surface area contributed by atoms with Crippen molar-refractivity contribution in [3.63, 3.8) is 0 Å². The maximum Gasteiger partial charge on any atom is 0.272 e. The highest BCUT2D eigenvalue weighted by molar-refractivity contribution is 9.08. The van der Waals surface area contributed by atoms with Crippen molar-refractivity contribution in [2.24, 2.45) is 0 Å².